The molecular weight excluding hydrogens is 518 g/mol. The molecule has 1 aromatic rings. The van der Waals surface area contributed by atoms with Crippen LogP contribution in [0.25, 0.3) is 0 Å². The lowest BCUT2D eigenvalue weighted by Gasteiger charge is -2.32. The predicted molar refractivity (Wildman–Crippen MR) is 156 cm³/mol. The molecular formula is C27H43N7O4S. The smallest absolute Gasteiger partial charge is 0.272 e. The summed E-state index contributed by atoms with van der Waals surface area (Å²) in [6.07, 6.45) is 1.19. The van der Waals surface area contributed by atoms with Crippen molar-refractivity contribution in [3.05, 3.63) is 35.0 Å². The number of aliphatic hydroxyl groups excluding tert-OH is 1. The fourth-order valence-corrected chi connectivity index (χ4v) is 5.79. The third kappa shape index (κ3) is 8.59. The molecule has 2 heterocycles. The van der Waals surface area contributed by atoms with E-state index in [0.29, 0.717) is 31.1 Å². The lowest BCUT2D eigenvalue weighted by Crippen LogP contribution is -2.45. The second-order valence-corrected chi connectivity index (χ2v) is 11.0. The number of thioether (sulfide) groups is 1. The molecule has 0 aromatic heterocycles. The Bertz CT molecular complexity index is 1010. The van der Waals surface area contributed by atoms with Crippen LogP contribution in [0, 0.1) is 0 Å². The standard InChI is InChI=1S/C27H43N7O4S/c1-4-11-33(17-18-35)26(38)24(28)27-34(5-2)25(37)22(39-27)19-29-20-6-8-21(9-7-20)30-23(36)10-12-32-15-13-31(3)14-16-32/h6-9,22,29,35H,4-5,10-19,28H2,1-3H3,(H,30,36)/b27-24+/t22-/m1/s1. The highest BCUT2D eigenvalue weighted by molar-refractivity contribution is 8.04. The number of hydrogen-bond acceptors (Lipinski definition) is 9. The van der Waals surface area contributed by atoms with E-state index in [9.17, 15) is 19.5 Å². The number of nitrogens with zero attached hydrogens (tertiary/aromatic N) is 4. The summed E-state index contributed by atoms with van der Waals surface area (Å²) in [5.41, 5.74) is 7.82. The Morgan fingerprint density at radius 2 is 1.77 bits per heavy atom. The number of hydrogen-bond donors (Lipinski definition) is 4. The summed E-state index contributed by atoms with van der Waals surface area (Å²) in [7, 11) is 2.11. The molecule has 1 atom stereocenters. The zero-order valence-electron chi connectivity index (χ0n) is 23.3. The Balaban J connectivity index is 1.52. The Morgan fingerprint density at radius 3 is 2.38 bits per heavy atom. The topological polar surface area (TPSA) is 134 Å². The van der Waals surface area contributed by atoms with E-state index >= 15 is 0 Å². The van der Waals surface area contributed by atoms with Gasteiger partial charge in [0.15, 0.2) is 0 Å². The van der Waals surface area contributed by atoms with Crippen LogP contribution >= 0.6 is 11.8 Å². The summed E-state index contributed by atoms with van der Waals surface area (Å²) in [5.74, 6) is -0.478. The van der Waals surface area contributed by atoms with E-state index in [-0.39, 0.29) is 36.6 Å². The molecule has 0 radical (unpaired) electrons. The first-order valence-corrected chi connectivity index (χ1v) is 14.6. The number of rotatable bonds is 13. The average molecular weight is 562 g/mol. The van der Waals surface area contributed by atoms with Crippen LogP contribution in [0.5, 0.6) is 0 Å². The van der Waals surface area contributed by atoms with Crippen molar-refractivity contribution >= 4 is 40.9 Å². The van der Waals surface area contributed by atoms with Gasteiger partial charge in [-0.05, 0) is 44.7 Å². The minimum Gasteiger partial charge on any atom is -0.395 e. The molecule has 0 bridgehead atoms. The number of carbonyl (C=O) groups is 3. The van der Waals surface area contributed by atoms with E-state index in [0.717, 1.165) is 50.5 Å². The number of anilines is 2. The molecule has 1 aromatic carbocycles. The first-order valence-electron chi connectivity index (χ1n) is 13.7. The average Bonchev–Trinajstić information content (AvgIpc) is 3.26. The van der Waals surface area contributed by atoms with Gasteiger partial charge in [-0.1, -0.05) is 18.7 Å². The number of carbonyl (C=O) groups excluding carboxylic acids is 3. The minimum absolute atomic E-state index is 0.00908. The molecule has 0 aliphatic carbocycles. The van der Waals surface area contributed by atoms with Gasteiger partial charge < -0.3 is 41.1 Å². The molecule has 3 amide bonds. The summed E-state index contributed by atoms with van der Waals surface area (Å²) in [6.45, 7) is 9.89. The third-order valence-electron chi connectivity index (χ3n) is 6.88. The van der Waals surface area contributed by atoms with Crippen LogP contribution in [0.15, 0.2) is 35.0 Å². The Kier molecular flexibility index (Phi) is 11.9. The Labute approximate surface area is 235 Å². The molecule has 2 aliphatic rings. The highest BCUT2D eigenvalue weighted by atomic mass is 32.2. The molecule has 0 saturated carbocycles. The highest BCUT2D eigenvalue weighted by Gasteiger charge is 2.38. The first kappa shape index (κ1) is 30.7. The maximum Gasteiger partial charge on any atom is 0.272 e. The predicted octanol–water partition coefficient (Wildman–Crippen LogP) is 0.997. The van der Waals surface area contributed by atoms with E-state index in [1.807, 2.05) is 38.1 Å². The monoisotopic (exact) mass is 561 g/mol. The van der Waals surface area contributed by atoms with Gasteiger partial charge >= 0.3 is 0 Å². The number of aliphatic hydroxyl groups is 1. The maximum absolute atomic E-state index is 13.0. The Morgan fingerprint density at radius 1 is 1.10 bits per heavy atom. The third-order valence-corrected chi connectivity index (χ3v) is 8.20. The number of nitrogens with two attached hydrogens (primary N) is 1. The summed E-state index contributed by atoms with van der Waals surface area (Å²) in [5, 5.41) is 15.6. The zero-order valence-corrected chi connectivity index (χ0v) is 24.1. The van der Waals surface area contributed by atoms with Gasteiger partial charge in [0.05, 0.1) is 6.61 Å². The molecule has 2 aliphatic heterocycles. The summed E-state index contributed by atoms with van der Waals surface area (Å²) < 4.78 is 0. The van der Waals surface area contributed by atoms with Crippen LogP contribution in [-0.4, -0.2) is 120 Å². The summed E-state index contributed by atoms with van der Waals surface area (Å²) in [6, 6.07) is 7.40. The normalized spacial score (nSPS) is 19.7. The van der Waals surface area contributed by atoms with Crippen LogP contribution in [0.4, 0.5) is 11.4 Å². The number of benzene rings is 1. The van der Waals surface area contributed by atoms with Crippen molar-refractivity contribution in [1.29, 1.82) is 0 Å². The van der Waals surface area contributed by atoms with Crippen molar-refractivity contribution < 1.29 is 19.5 Å². The molecule has 39 heavy (non-hydrogen) atoms. The molecule has 12 heteroatoms. The lowest BCUT2D eigenvalue weighted by atomic mass is 10.2. The molecule has 216 valence electrons. The quantitative estimate of drug-likeness (QED) is 0.260. The van der Waals surface area contributed by atoms with Crippen LogP contribution in [0.2, 0.25) is 0 Å². The fourth-order valence-electron chi connectivity index (χ4n) is 4.56. The van der Waals surface area contributed by atoms with Gasteiger partial charge in [-0.3, -0.25) is 14.4 Å². The number of amides is 3. The SMILES string of the molecule is CCCN(CCO)C(=O)/C(N)=C1\S[C@H](CNc2ccc(NC(=O)CCN3CCN(C)CC3)cc2)C(=O)N1CC. The van der Waals surface area contributed by atoms with Crippen molar-refractivity contribution in [2.24, 2.45) is 5.73 Å². The molecule has 0 spiro atoms. The van der Waals surface area contributed by atoms with Gasteiger partial charge in [0.2, 0.25) is 11.8 Å². The molecule has 5 N–H and O–H groups in total. The fraction of sp³-hybridized carbons (Fsp3) is 0.593. The van der Waals surface area contributed by atoms with Crippen molar-refractivity contribution in [1.82, 2.24) is 19.6 Å². The van der Waals surface area contributed by atoms with Crippen LogP contribution < -0.4 is 16.4 Å². The molecule has 3 rings (SSSR count). The second-order valence-electron chi connectivity index (χ2n) is 9.82. The maximum atomic E-state index is 13.0. The van der Waals surface area contributed by atoms with Gasteiger partial charge in [-0.15, -0.1) is 0 Å². The van der Waals surface area contributed by atoms with Gasteiger partial charge in [-0.2, -0.15) is 0 Å². The molecule has 0 unspecified atom stereocenters. The minimum atomic E-state index is -0.433. The van der Waals surface area contributed by atoms with Gasteiger partial charge in [-0.25, -0.2) is 0 Å². The lowest BCUT2D eigenvalue weighted by molar-refractivity contribution is -0.128. The Hall–Kier alpha value is -2.80. The van der Waals surface area contributed by atoms with E-state index < -0.39 is 5.25 Å². The van der Waals surface area contributed by atoms with Crippen LogP contribution in [0.3, 0.4) is 0 Å². The number of likely N-dealkylation sites (N-methyl/N-ethyl adjacent to an activating group) is 1. The van der Waals surface area contributed by atoms with Crippen LogP contribution in [0.1, 0.15) is 26.7 Å². The van der Waals surface area contributed by atoms with E-state index in [1.165, 1.54) is 16.7 Å². The van der Waals surface area contributed by atoms with Crippen molar-refractivity contribution in [3.63, 3.8) is 0 Å². The van der Waals surface area contributed by atoms with E-state index in [1.54, 1.807) is 4.90 Å². The van der Waals surface area contributed by atoms with Gasteiger partial charge in [0.1, 0.15) is 16.0 Å². The highest BCUT2D eigenvalue weighted by Crippen LogP contribution is 2.36. The number of piperazine rings is 1. The van der Waals surface area contributed by atoms with Crippen LogP contribution in [-0.2, 0) is 14.4 Å². The molecule has 2 fully saturated rings. The van der Waals surface area contributed by atoms with Crippen molar-refractivity contribution in [2.45, 2.75) is 31.9 Å². The zero-order chi connectivity index (χ0) is 28.4. The first-order chi connectivity index (χ1) is 18.8. The second kappa shape index (κ2) is 15.1. The van der Waals surface area contributed by atoms with Gasteiger partial charge in [0.25, 0.3) is 5.91 Å². The molecule has 11 nitrogen and oxygen atoms in total. The van der Waals surface area contributed by atoms with E-state index in [2.05, 4.69) is 27.5 Å². The van der Waals surface area contributed by atoms with Gasteiger partial charge in [0, 0.05) is 76.7 Å². The summed E-state index contributed by atoms with van der Waals surface area (Å²) in [4.78, 5) is 46.0. The van der Waals surface area contributed by atoms with Crippen molar-refractivity contribution in [2.75, 3.05) is 83.2 Å². The summed E-state index contributed by atoms with van der Waals surface area (Å²) >= 11 is 1.28. The van der Waals surface area contributed by atoms with Crippen molar-refractivity contribution in [3.8, 4) is 0 Å². The molecule has 2 saturated heterocycles. The largest absolute Gasteiger partial charge is 0.395 e. The number of nitrogens with one attached hydrogen (secondary N) is 2. The van der Waals surface area contributed by atoms with E-state index in [4.69, 9.17) is 5.73 Å².